The van der Waals surface area contributed by atoms with Crippen molar-refractivity contribution in [2.75, 3.05) is 12.4 Å². The summed E-state index contributed by atoms with van der Waals surface area (Å²) < 4.78 is 4.62. The number of nitrogens with one attached hydrogen (secondary N) is 1. The predicted molar refractivity (Wildman–Crippen MR) is 77.5 cm³/mol. The Bertz CT molecular complexity index is 544. The van der Waals surface area contributed by atoms with Crippen LogP contribution in [0.15, 0.2) is 18.2 Å². The molecule has 0 spiro atoms. The van der Waals surface area contributed by atoms with Gasteiger partial charge in [0.15, 0.2) is 0 Å². The molecule has 0 aliphatic rings. The van der Waals surface area contributed by atoms with E-state index in [2.05, 4.69) is 10.1 Å². The topological polar surface area (TPSA) is 92.7 Å². The van der Waals surface area contributed by atoms with E-state index >= 15 is 0 Å². The number of ether oxygens (including phenoxy) is 1. The van der Waals surface area contributed by atoms with Crippen molar-refractivity contribution in [2.24, 2.45) is 0 Å². The Kier molecular flexibility index (Phi) is 6.68. The molecule has 0 atom stereocenters. The van der Waals surface area contributed by atoms with Gasteiger partial charge in [-0.25, -0.2) is 4.79 Å². The summed E-state index contributed by atoms with van der Waals surface area (Å²) in [5.74, 6) is -1.78. The van der Waals surface area contributed by atoms with Crippen molar-refractivity contribution in [2.45, 2.75) is 25.7 Å². The lowest BCUT2D eigenvalue weighted by atomic mass is 10.1. The highest BCUT2D eigenvalue weighted by atomic mass is 35.5. The van der Waals surface area contributed by atoms with Crippen LogP contribution in [0.2, 0.25) is 5.02 Å². The Balaban J connectivity index is 2.63. The number of carboxylic acid groups (broad SMARTS) is 1. The van der Waals surface area contributed by atoms with Crippen molar-refractivity contribution in [3.05, 3.63) is 28.8 Å². The molecule has 0 aliphatic carbocycles. The summed E-state index contributed by atoms with van der Waals surface area (Å²) in [5, 5.41) is 11.5. The molecule has 6 nitrogen and oxygen atoms in total. The lowest BCUT2D eigenvalue weighted by molar-refractivity contribution is -0.137. The van der Waals surface area contributed by atoms with E-state index in [0.717, 1.165) is 0 Å². The van der Waals surface area contributed by atoms with Crippen LogP contribution in [0.3, 0.4) is 0 Å². The molecule has 1 rings (SSSR count). The van der Waals surface area contributed by atoms with Crippen LogP contribution in [0.25, 0.3) is 0 Å². The minimum absolute atomic E-state index is 0.0294. The third-order valence-corrected chi connectivity index (χ3v) is 2.94. The van der Waals surface area contributed by atoms with Gasteiger partial charge < -0.3 is 15.2 Å². The first-order valence-electron chi connectivity index (χ1n) is 6.33. The first-order chi connectivity index (χ1) is 9.93. The molecule has 1 aromatic rings. The fourth-order valence-electron chi connectivity index (χ4n) is 1.68. The van der Waals surface area contributed by atoms with Crippen molar-refractivity contribution in [1.29, 1.82) is 0 Å². The molecule has 21 heavy (non-hydrogen) atoms. The van der Waals surface area contributed by atoms with Crippen molar-refractivity contribution >= 4 is 35.1 Å². The fraction of sp³-hybridized carbons (Fsp3) is 0.357. The Hall–Kier alpha value is -2.08. The summed E-state index contributed by atoms with van der Waals surface area (Å²) in [7, 11) is 1.24. The SMILES string of the molecule is COC(=O)c1cc(Cl)ccc1NC(=O)CCCCC(=O)O. The van der Waals surface area contributed by atoms with Gasteiger partial charge in [-0.05, 0) is 31.0 Å². The summed E-state index contributed by atoms with van der Waals surface area (Å²) in [6, 6.07) is 4.48. The zero-order valence-corrected chi connectivity index (χ0v) is 12.3. The quantitative estimate of drug-likeness (QED) is 0.596. The normalized spacial score (nSPS) is 10.0. The average Bonchev–Trinajstić information content (AvgIpc) is 2.44. The van der Waals surface area contributed by atoms with Crippen LogP contribution in [-0.2, 0) is 14.3 Å². The van der Waals surface area contributed by atoms with Crippen LogP contribution >= 0.6 is 11.6 Å². The van der Waals surface area contributed by atoms with Gasteiger partial charge in [0.2, 0.25) is 5.91 Å². The zero-order chi connectivity index (χ0) is 15.8. The lowest BCUT2D eigenvalue weighted by Crippen LogP contribution is -2.15. The Morgan fingerprint density at radius 1 is 1.24 bits per heavy atom. The summed E-state index contributed by atoms with van der Waals surface area (Å²) >= 11 is 5.81. The number of carbonyl (C=O) groups excluding carboxylic acids is 2. The number of methoxy groups -OCH3 is 1. The Morgan fingerprint density at radius 3 is 2.52 bits per heavy atom. The maximum atomic E-state index is 11.8. The molecule has 114 valence electrons. The van der Waals surface area contributed by atoms with E-state index in [-0.39, 0.29) is 24.3 Å². The largest absolute Gasteiger partial charge is 0.481 e. The van der Waals surface area contributed by atoms with Crippen LogP contribution < -0.4 is 5.32 Å². The first kappa shape index (κ1) is 17.0. The minimum atomic E-state index is -0.888. The molecule has 0 radical (unpaired) electrons. The van der Waals surface area contributed by atoms with Crippen LogP contribution in [0.1, 0.15) is 36.0 Å². The van der Waals surface area contributed by atoms with Crippen LogP contribution in [0.4, 0.5) is 5.69 Å². The maximum Gasteiger partial charge on any atom is 0.340 e. The molecular weight excluding hydrogens is 298 g/mol. The third kappa shape index (κ3) is 5.83. The Labute approximate surface area is 127 Å². The highest BCUT2D eigenvalue weighted by molar-refractivity contribution is 6.31. The molecule has 0 fully saturated rings. The molecule has 2 N–H and O–H groups in total. The van der Waals surface area contributed by atoms with Gasteiger partial charge in [-0.2, -0.15) is 0 Å². The smallest absolute Gasteiger partial charge is 0.340 e. The van der Waals surface area contributed by atoms with Gasteiger partial charge in [0, 0.05) is 17.9 Å². The van der Waals surface area contributed by atoms with E-state index in [1.165, 1.54) is 19.2 Å². The minimum Gasteiger partial charge on any atom is -0.481 e. The average molecular weight is 314 g/mol. The number of esters is 1. The van der Waals surface area contributed by atoms with E-state index in [1.54, 1.807) is 6.07 Å². The zero-order valence-electron chi connectivity index (χ0n) is 11.5. The lowest BCUT2D eigenvalue weighted by Gasteiger charge is -2.10. The second-order valence-corrected chi connectivity index (χ2v) is 4.77. The van der Waals surface area contributed by atoms with E-state index in [0.29, 0.717) is 23.6 Å². The number of anilines is 1. The van der Waals surface area contributed by atoms with E-state index in [4.69, 9.17) is 16.7 Å². The summed E-state index contributed by atoms with van der Waals surface area (Å²) in [6.07, 6.45) is 1.09. The molecule has 0 aliphatic heterocycles. The van der Waals surface area contributed by atoms with Gasteiger partial charge in [0.25, 0.3) is 0 Å². The van der Waals surface area contributed by atoms with Gasteiger partial charge in [-0.3, -0.25) is 9.59 Å². The number of halogens is 1. The molecule has 1 amide bonds. The third-order valence-electron chi connectivity index (χ3n) is 2.71. The van der Waals surface area contributed by atoms with Gasteiger partial charge in [0.05, 0.1) is 18.4 Å². The molecule has 7 heteroatoms. The highest BCUT2D eigenvalue weighted by Crippen LogP contribution is 2.22. The van der Waals surface area contributed by atoms with E-state index in [1.807, 2.05) is 0 Å². The summed E-state index contributed by atoms with van der Waals surface area (Å²) in [5.41, 5.74) is 0.485. The number of unbranched alkanes of at least 4 members (excludes halogenated alkanes) is 1. The molecule has 0 bridgehead atoms. The number of carboxylic acids is 1. The molecular formula is C14H16ClNO5. The predicted octanol–water partition coefficient (Wildman–Crippen LogP) is 2.71. The highest BCUT2D eigenvalue weighted by Gasteiger charge is 2.14. The fourth-order valence-corrected chi connectivity index (χ4v) is 1.85. The Morgan fingerprint density at radius 2 is 1.90 bits per heavy atom. The maximum absolute atomic E-state index is 11.8. The molecule has 0 aromatic heterocycles. The van der Waals surface area contributed by atoms with Crippen LogP contribution in [0, 0.1) is 0 Å². The van der Waals surface area contributed by atoms with Gasteiger partial charge >= 0.3 is 11.9 Å². The van der Waals surface area contributed by atoms with E-state index < -0.39 is 11.9 Å². The summed E-state index contributed by atoms with van der Waals surface area (Å²) in [6.45, 7) is 0. The number of carbonyl (C=O) groups is 3. The van der Waals surface area contributed by atoms with E-state index in [9.17, 15) is 14.4 Å². The molecule has 0 unspecified atom stereocenters. The van der Waals surface area contributed by atoms with Crippen molar-refractivity contribution in [1.82, 2.24) is 0 Å². The standard InChI is InChI=1S/C14H16ClNO5/c1-21-14(20)10-8-9(15)6-7-11(10)16-12(17)4-2-3-5-13(18)19/h6-8H,2-5H2,1H3,(H,16,17)(H,18,19). The van der Waals surface area contributed by atoms with Crippen molar-refractivity contribution < 1.29 is 24.2 Å². The molecule has 0 heterocycles. The monoisotopic (exact) mass is 313 g/mol. The van der Waals surface area contributed by atoms with Crippen LogP contribution in [0.5, 0.6) is 0 Å². The number of rotatable bonds is 7. The number of amides is 1. The molecule has 0 saturated heterocycles. The van der Waals surface area contributed by atoms with Gasteiger partial charge in [-0.15, -0.1) is 0 Å². The molecule has 1 aromatic carbocycles. The second-order valence-electron chi connectivity index (χ2n) is 4.33. The number of benzene rings is 1. The number of aliphatic carboxylic acids is 1. The number of hydrogen-bond acceptors (Lipinski definition) is 4. The van der Waals surface area contributed by atoms with Gasteiger partial charge in [0.1, 0.15) is 0 Å². The van der Waals surface area contributed by atoms with Crippen LogP contribution in [-0.4, -0.2) is 30.1 Å². The number of hydrogen-bond donors (Lipinski definition) is 2. The van der Waals surface area contributed by atoms with Gasteiger partial charge in [-0.1, -0.05) is 11.6 Å². The first-order valence-corrected chi connectivity index (χ1v) is 6.71. The second kappa shape index (κ2) is 8.26. The summed E-state index contributed by atoms with van der Waals surface area (Å²) in [4.78, 5) is 33.7. The van der Waals surface area contributed by atoms with Crippen molar-refractivity contribution in [3.8, 4) is 0 Å². The van der Waals surface area contributed by atoms with Crippen molar-refractivity contribution in [3.63, 3.8) is 0 Å². The molecule has 0 saturated carbocycles.